The van der Waals surface area contributed by atoms with Gasteiger partial charge in [0.1, 0.15) is 5.82 Å². The molecule has 0 atom stereocenters. The molecular weight excluding hydrogens is 220 g/mol. The van der Waals surface area contributed by atoms with Crippen LogP contribution in [0.25, 0.3) is 5.69 Å². The van der Waals surface area contributed by atoms with Crippen LogP contribution in [0, 0.1) is 24.0 Å². The van der Waals surface area contributed by atoms with Crippen LogP contribution in [0.4, 0.5) is 11.5 Å². The van der Waals surface area contributed by atoms with Crippen molar-refractivity contribution in [3.05, 3.63) is 45.6 Å². The summed E-state index contributed by atoms with van der Waals surface area (Å²) >= 11 is 0. The molecule has 0 saturated carbocycles. The van der Waals surface area contributed by atoms with E-state index in [0.29, 0.717) is 11.4 Å². The zero-order valence-corrected chi connectivity index (χ0v) is 9.54. The average Bonchev–Trinajstić information content (AvgIpc) is 2.58. The van der Waals surface area contributed by atoms with E-state index in [1.54, 1.807) is 29.9 Å². The molecule has 0 fully saturated rings. The molecule has 0 aliphatic heterocycles. The van der Waals surface area contributed by atoms with Crippen LogP contribution in [-0.4, -0.2) is 14.7 Å². The van der Waals surface area contributed by atoms with E-state index >= 15 is 0 Å². The van der Waals surface area contributed by atoms with Gasteiger partial charge in [-0.1, -0.05) is 0 Å². The lowest BCUT2D eigenvalue weighted by Crippen LogP contribution is -1.98. The monoisotopic (exact) mass is 232 g/mol. The summed E-state index contributed by atoms with van der Waals surface area (Å²) in [7, 11) is 0. The first-order valence-corrected chi connectivity index (χ1v) is 5.06. The topological polar surface area (TPSA) is 87.0 Å². The Morgan fingerprint density at radius 3 is 2.53 bits per heavy atom. The molecule has 2 rings (SSSR count). The highest BCUT2D eigenvalue weighted by Crippen LogP contribution is 2.21. The van der Waals surface area contributed by atoms with Crippen LogP contribution >= 0.6 is 0 Å². The van der Waals surface area contributed by atoms with Crippen molar-refractivity contribution >= 4 is 11.5 Å². The van der Waals surface area contributed by atoms with Crippen molar-refractivity contribution in [3.8, 4) is 5.69 Å². The number of hydrogen-bond donors (Lipinski definition) is 1. The third-order valence-corrected chi connectivity index (χ3v) is 2.58. The van der Waals surface area contributed by atoms with Crippen molar-refractivity contribution in [2.45, 2.75) is 13.8 Å². The maximum atomic E-state index is 10.7. The smallest absolute Gasteiger partial charge is 0.272 e. The van der Waals surface area contributed by atoms with Crippen molar-refractivity contribution in [2.24, 2.45) is 0 Å². The van der Waals surface area contributed by atoms with E-state index in [2.05, 4.69) is 5.10 Å². The summed E-state index contributed by atoms with van der Waals surface area (Å²) in [5, 5.41) is 14.8. The first kappa shape index (κ1) is 11.1. The number of benzene rings is 1. The van der Waals surface area contributed by atoms with E-state index < -0.39 is 4.92 Å². The van der Waals surface area contributed by atoms with Gasteiger partial charge in [-0.2, -0.15) is 5.10 Å². The molecule has 6 heteroatoms. The summed E-state index contributed by atoms with van der Waals surface area (Å²) in [4.78, 5) is 10.3. The van der Waals surface area contributed by atoms with E-state index in [9.17, 15) is 10.1 Å². The van der Waals surface area contributed by atoms with Crippen LogP contribution in [0.5, 0.6) is 0 Å². The molecule has 0 aliphatic rings. The highest BCUT2D eigenvalue weighted by Gasteiger charge is 2.11. The summed E-state index contributed by atoms with van der Waals surface area (Å²) in [6.45, 7) is 3.55. The third-order valence-electron chi connectivity index (χ3n) is 2.58. The summed E-state index contributed by atoms with van der Waals surface area (Å²) in [5.74, 6) is 0.459. The Bertz CT molecular complexity index is 570. The predicted molar refractivity (Wildman–Crippen MR) is 64.1 cm³/mol. The van der Waals surface area contributed by atoms with Crippen LogP contribution in [0.15, 0.2) is 24.4 Å². The lowest BCUT2D eigenvalue weighted by atomic mass is 10.2. The maximum absolute atomic E-state index is 10.7. The maximum Gasteiger partial charge on any atom is 0.272 e. The van der Waals surface area contributed by atoms with Crippen LogP contribution in [-0.2, 0) is 0 Å². The van der Waals surface area contributed by atoms with Gasteiger partial charge in [0.15, 0.2) is 0 Å². The van der Waals surface area contributed by atoms with Crippen molar-refractivity contribution in [1.82, 2.24) is 9.78 Å². The molecule has 0 unspecified atom stereocenters. The van der Waals surface area contributed by atoms with E-state index in [1.165, 1.54) is 6.07 Å². The average molecular weight is 232 g/mol. The second kappa shape index (κ2) is 3.89. The minimum absolute atomic E-state index is 0.102. The largest absolute Gasteiger partial charge is 0.382 e. The number of nitrogens with two attached hydrogens (primary N) is 1. The number of nitro groups is 1. The van der Waals surface area contributed by atoms with E-state index in [-0.39, 0.29) is 5.69 Å². The Hall–Kier alpha value is -2.37. The Balaban J connectivity index is 2.47. The van der Waals surface area contributed by atoms with Gasteiger partial charge in [0, 0.05) is 23.4 Å². The number of anilines is 1. The van der Waals surface area contributed by atoms with E-state index in [4.69, 9.17) is 5.73 Å². The Morgan fingerprint density at radius 2 is 2.06 bits per heavy atom. The number of rotatable bonds is 2. The molecule has 88 valence electrons. The first-order valence-electron chi connectivity index (χ1n) is 5.06. The molecule has 1 aromatic heterocycles. The Labute approximate surface area is 97.8 Å². The molecule has 0 saturated heterocycles. The van der Waals surface area contributed by atoms with Gasteiger partial charge in [0.2, 0.25) is 0 Å². The van der Waals surface area contributed by atoms with E-state index in [1.807, 2.05) is 6.92 Å². The second-order valence-electron chi connectivity index (χ2n) is 3.87. The molecular formula is C11H12N4O2. The van der Waals surface area contributed by atoms with E-state index in [0.717, 1.165) is 11.3 Å². The fourth-order valence-electron chi connectivity index (χ4n) is 1.59. The molecule has 0 aliphatic carbocycles. The van der Waals surface area contributed by atoms with Crippen LogP contribution in [0.3, 0.4) is 0 Å². The quantitative estimate of drug-likeness (QED) is 0.633. The lowest BCUT2D eigenvalue weighted by molar-refractivity contribution is -0.385. The summed E-state index contributed by atoms with van der Waals surface area (Å²) in [5.41, 5.74) is 7.99. The Kier molecular flexibility index (Phi) is 2.55. The second-order valence-corrected chi connectivity index (χ2v) is 3.87. The van der Waals surface area contributed by atoms with Gasteiger partial charge in [-0.15, -0.1) is 0 Å². The number of nitrogen functional groups attached to an aromatic ring is 1. The standard InChI is InChI=1S/C11H12N4O2/c1-7-5-9(3-4-10(7)15(16)17)14-6-8(2)11(12)13-14/h3-6H,1-2H3,(H2,12,13). The predicted octanol–water partition coefficient (Wildman–Crippen LogP) is 1.98. The summed E-state index contributed by atoms with van der Waals surface area (Å²) in [6, 6.07) is 4.83. The molecule has 1 aromatic carbocycles. The third kappa shape index (κ3) is 1.96. The highest BCUT2D eigenvalue weighted by molar-refractivity contribution is 5.48. The minimum atomic E-state index is -0.401. The molecule has 0 spiro atoms. The van der Waals surface area contributed by atoms with Gasteiger partial charge < -0.3 is 5.73 Å². The summed E-state index contributed by atoms with van der Waals surface area (Å²) < 4.78 is 1.61. The molecule has 6 nitrogen and oxygen atoms in total. The molecule has 1 heterocycles. The van der Waals surface area contributed by atoms with Crippen LogP contribution < -0.4 is 5.73 Å². The van der Waals surface area contributed by atoms with Crippen molar-refractivity contribution in [2.75, 3.05) is 5.73 Å². The summed E-state index contributed by atoms with van der Waals surface area (Å²) in [6.07, 6.45) is 1.79. The lowest BCUT2D eigenvalue weighted by Gasteiger charge is -2.03. The number of aromatic nitrogens is 2. The van der Waals surface area contributed by atoms with Crippen molar-refractivity contribution in [1.29, 1.82) is 0 Å². The zero-order valence-electron chi connectivity index (χ0n) is 9.54. The van der Waals surface area contributed by atoms with Crippen molar-refractivity contribution in [3.63, 3.8) is 0 Å². The minimum Gasteiger partial charge on any atom is -0.382 e. The van der Waals surface area contributed by atoms with Crippen LogP contribution in [0.2, 0.25) is 0 Å². The van der Waals surface area contributed by atoms with Gasteiger partial charge in [-0.3, -0.25) is 10.1 Å². The molecule has 17 heavy (non-hydrogen) atoms. The molecule has 2 aromatic rings. The highest BCUT2D eigenvalue weighted by atomic mass is 16.6. The van der Waals surface area contributed by atoms with Gasteiger partial charge in [-0.25, -0.2) is 4.68 Å². The zero-order chi connectivity index (χ0) is 12.6. The fraction of sp³-hybridized carbons (Fsp3) is 0.182. The molecule has 0 radical (unpaired) electrons. The van der Waals surface area contributed by atoms with Crippen molar-refractivity contribution < 1.29 is 4.92 Å². The fourth-order valence-corrected chi connectivity index (χ4v) is 1.59. The molecule has 0 amide bonds. The Morgan fingerprint density at radius 1 is 1.35 bits per heavy atom. The number of hydrogen-bond acceptors (Lipinski definition) is 4. The SMILES string of the molecule is Cc1cc(-n2cc(C)c(N)n2)ccc1[N+](=O)[O-]. The van der Waals surface area contributed by atoms with Gasteiger partial charge in [-0.05, 0) is 26.0 Å². The first-order chi connectivity index (χ1) is 7.99. The molecule has 2 N–H and O–H groups in total. The normalized spacial score (nSPS) is 10.5. The van der Waals surface area contributed by atoms with Gasteiger partial charge in [0.05, 0.1) is 10.6 Å². The number of nitrogens with zero attached hydrogens (tertiary/aromatic N) is 3. The number of nitro benzene ring substituents is 1. The number of aryl methyl sites for hydroxylation is 2. The van der Waals surface area contributed by atoms with Gasteiger partial charge in [0.25, 0.3) is 5.69 Å². The van der Waals surface area contributed by atoms with Gasteiger partial charge >= 0.3 is 0 Å². The molecule has 0 bridgehead atoms. The van der Waals surface area contributed by atoms with Crippen LogP contribution in [0.1, 0.15) is 11.1 Å².